The van der Waals surface area contributed by atoms with Gasteiger partial charge >= 0.3 is 0 Å². The number of rotatable bonds is 12. The van der Waals surface area contributed by atoms with Crippen molar-refractivity contribution >= 4 is 6.29 Å². The zero-order valence-corrected chi connectivity index (χ0v) is 15.5. The van der Waals surface area contributed by atoms with Gasteiger partial charge in [-0.3, -0.25) is 4.98 Å². The number of hydrogen-bond acceptors (Lipinski definition) is 2. The van der Waals surface area contributed by atoms with Crippen molar-refractivity contribution in [2.75, 3.05) is 0 Å². The first-order valence-corrected chi connectivity index (χ1v) is 9.81. The first kappa shape index (κ1) is 19.4. The van der Waals surface area contributed by atoms with Crippen molar-refractivity contribution < 1.29 is 4.79 Å². The van der Waals surface area contributed by atoms with Crippen LogP contribution < -0.4 is 0 Å². The van der Waals surface area contributed by atoms with Gasteiger partial charge in [-0.2, -0.15) is 0 Å². The van der Waals surface area contributed by atoms with Gasteiger partial charge in [0.05, 0.1) is 5.69 Å². The number of pyridine rings is 1. The van der Waals surface area contributed by atoms with E-state index in [4.69, 9.17) is 0 Å². The number of aldehydes is 1. The first-order chi connectivity index (χ1) is 12.3. The molecule has 0 fully saturated rings. The zero-order chi connectivity index (χ0) is 17.7. The van der Waals surface area contributed by atoms with Gasteiger partial charge in [0.25, 0.3) is 0 Å². The molecule has 0 aliphatic rings. The van der Waals surface area contributed by atoms with E-state index in [2.05, 4.69) is 42.2 Å². The molecule has 0 radical (unpaired) electrons. The quantitative estimate of drug-likeness (QED) is 0.342. The summed E-state index contributed by atoms with van der Waals surface area (Å²) in [5, 5.41) is 0. The smallest absolute Gasteiger partial charge is 0.120 e. The van der Waals surface area contributed by atoms with Crippen molar-refractivity contribution in [1.82, 2.24) is 4.98 Å². The van der Waals surface area contributed by atoms with Crippen molar-refractivity contribution in [3.8, 4) is 11.3 Å². The molecule has 0 N–H and O–H groups in total. The van der Waals surface area contributed by atoms with Gasteiger partial charge in [-0.25, -0.2) is 0 Å². The number of hydrogen-bond donors (Lipinski definition) is 0. The summed E-state index contributed by atoms with van der Waals surface area (Å²) in [4.78, 5) is 15.0. The molecule has 134 valence electrons. The molecule has 0 saturated heterocycles. The highest BCUT2D eigenvalue weighted by Gasteiger charge is 2.01. The molecule has 0 bridgehead atoms. The third-order valence-electron chi connectivity index (χ3n) is 4.69. The summed E-state index contributed by atoms with van der Waals surface area (Å²) >= 11 is 0. The number of aryl methyl sites for hydroxylation is 2. The molecule has 0 unspecified atom stereocenters. The number of unbranched alkanes of at least 4 members (excludes halogenated alkanes) is 6. The summed E-state index contributed by atoms with van der Waals surface area (Å²) in [5.74, 6) is 0. The molecule has 2 aromatic rings. The molecule has 0 aliphatic carbocycles. The number of carbonyl (C=O) groups is 1. The second kappa shape index (κ2) is 11.6. The first-order valence-electron chi connectivity index (χ1n) is 9.81. The van der Waals surface area contributed by atoms with Crippen LogP contribution >= 0.6 is 0 Å². The van der Waals surface area contributed by atoms with Crippen molar-refractivity contribution in [3.05, 3.63) is 53.7 Å². The molecule has 1 aromatic heterocycles. The number of carbonyl (C=O) groups excluding carboxylic acids is 1. The minimum Gasteiger partial charge on any atom is -0.303 e. The predicted molar refractivity (Wildman–Crippen MR) is 106 cm³/mol. The van der Waals surface area contributed by atoms with E-state index in [1.54, 1.807) is 0 Å². The van der Waals surface area contributed by atoms with E-state index in [1.165, 1.54) is 56.9 Å². The number of nitrogens with zero attached hydrogens (tertiary/aromatic N) is 1. The van der Waals surface area contributed by atoms with Gasteiger partial charge in [-0.15, -0.1) is 0 Å². The Hall–Kier alpha value is -1.96. The van der Waals surface area contributed by atoms with Gasteiger partial charge in [0.2, 0.25) is 0 Å². The second-order valence-electron chi connectivity index (χ2n) is 6.83. The highest BCUT2D eigenvalue weighted by atomic mass is 16.1. The van der Waals surface area contributed by atoms with Crippen LogP contribution in [0.4, 0.5) is 0 Å². The molecule has 2 nitrogen and oxygen atoms in total. The van der Waals surface area contributed by atoms with E-state index < -0.39 is 0 Å². The van der Waals surface area contributed by atoms with Crippen LogP contribution in [0.1, 0.15) is 69.4 Å². The monoisotopic (exact) mass is 337 g/mol. The van der Waals surface area contributed by atoms with Gasteiger partial charge in [0.1, 0.15) is 6.29 Å². The summed E-state index contributed by atoms with van der Waals surface area (Å²) in [7, 11) is 0. The third kappa shape index (κ3) is 7.21. The van der Waals surface area contributed by atoms with Crippen LogP contribution in [0.3, 0.4) is 0 Å². The maximum atomic E-state index is 10.4. The van der Waals surface area contributed by atoms with Crippen molar-refractivity contribution in [2.24, 2.45) is 0 Å². The fraction of sp³-hybridized carbons (Fsp3) is 0.478. The van der Waals surface area contributed by atoms with E-state index >= 15 is 0 Å². The number of aromatic nitrogens is 1. The zero-order valence-electron chi connectivity index (χ0n) is 15.5. The SMILES string of the molecule is CCCCCCCCCc1ccc(-c2ccc(CCC=O)cn2)cc1. The Labute approximate surface area is 152 Å². The van der Waals surface area contributed by atoms with E-state index in [9.17, 15) is 4.79 Å². The largest absolute Gasteiger partial charge is 0.303 e. The molecule has 1 aromatic carbocycles. The molecular formula is C23H31NO. The highest BCUT2D eigenvalue weighted by Crippen LogP contribution is 2.19. The third-order valence-corrected chi connectivity index (χ3v) is 4.69. The minimum absolute atomic E-state index is 0.564. The van der Waals surface area contributed by atoms with Crippen molar-refractivity contribution in [1.29, 1.82) is 0 Å². The topological polar surface area (TPSA) is 30.0 Å². The van der Waals surface area contributed by atoms with E-state index in [-0.39, 0.29) is 0 Å². The summed E-state index contributed by atoms with van der Waals surface area (Å²) < 4.78 is 0. The molecular weight excluding hydrogens is 306 g/mol. The van der Waals surface area contributed by atoms with Crippen LogP contribution in [0.2, 0.25) is 0 Å². The predicted octanol–water partition coefficient (Wildman–Crippen LogP) is 6.17. The lowest BCUT2D eigenvalue weighted by Gasteiger charge is -2.05. The molecule has 1 heterocycles. The summed E-state index contributed by atoms with van der Waals surface area (Å²) in [6, 6.07) is 12.9. The molecule has 0 aliphatic heterocycles. The average Bonchev–Trinajstić information content (AvgIpc) is 2.66. The highest BCUT2D eigenvalue weighted by molar-refractivity contribution is 5.59. The standard InChI is InChI=1S/C23H31NO/c1-2-3-4-5-6-7-8-10-20-12-15-22(16-13-20)23-17-14-21(19-24-23)11-9-18-25/h12-19H,2-11H2,1H3. The molecule has 25 heavy (non-hydrogen) atoms. The molecule has 2 rings (SSSR count). The lowest BCUT2D eigenvalue weighted by Crippen LogP contribution is -1.91. The lowest BCUT2D eigenvalue weighted by molar-refractivity contribution is -0.107. The Balaban J connectivity index is 1.76. The van der Waals surface area contributed by atoms with Gasteiger partial charge < -0.3 is 4.79 Å². The van der Waals surface area contributed by atoms with Crippen LogP contribution in [0.15, 0.2) is 42.6 Å². The normalized spacial score (nSPS) is 10.8. The fourth-order valence-corrected chi connectivity index (χ4v) is 3.10. The molecule has 0 spiro atoms. The van der Waals surface area contributed by atoms with Gasteiger partial charge in [0.15, 0.2) is 0 Å². The van der Waals surface area contributed by atoms with Crippen LogP contribution in [-0.4, -0.2) is 11.3 Å². The molecule has 0 atom stereocenters. The van der Waals surface area contributed by atoms with Crippen molar-refractivity contribution in [2.45, 2.75) is 71.1 Å². The Kier molecular flexibility index (Phi) is 8.96. The van der Waals surface area contributed by atoms with E-state index in [0.717, 1.165) is 29.5 Å². The summed E-state index contributed by atoms with van der Waals surface area (Å²) in [6.07, 6.45) is 14.8. The Morgan fingerprint density at radius 3 is 2.12 bits per heavy atom. The summed E-state index contributed by atoms with van der Waals surface area (Å²) in [5.41, 5.74) is 4.69. The van der Waals surface area contributed by atoms with E-state index in [1.807, 2.05) is 12.3 Å². The van der Waals surface area contributed by atoms with Gasteiger partial charge in [-0.05, 0) is 36.5 Å². The number of benzene rings is 1. The minimum atomic E-state index is 0.564. The molecule has 2 heteroatoms. The van der Waals surface area contributed by atoms with Gasteiger partial charge in [0, 0.05) is 18.2 Å². The van der Waals surface area contributed by atoms with Crippen LogP contribution in [0.5, 0.6) is 0 Å². The Morgan fingerprint density at radius 2 is 1.48 bits per heavy atom. The average molecular weight is 338 g/mol. The fourth-order valence-electron chi connectivity index (χ4n) is 3.10. The maximum absolute atomic E-state index is 10.4. The second-order valence-corrected chi connectivity index (χ2v) is 6.83. The lowest BCUT2D eigenvalue weighted by atomic mass is 10.0. The van der Waals surface area contributed by atoms with Crippen LogP contribution in [-0.2, 0) is 17.6 Å². The Bertz CT molecular complexity index is 601. The maximum Gasteiger partial charge on any atom is 0.120 e. The van der Waals surface area contributed by atoms with Gasteiger partial charge in [-0.1, -0.05) is 75.8 Å². The van der Waals surface area contributed by atoms with Crippen LogP contribution in [0.25, 0.3) is 11.3 Å². The Morgan fingerprint density at radius 1 is 0.800 bits per heavy atom. The van der Waals surface area contributed by atoms with Crippen molar-refractivity contribution in [3.63, 3.8) is 0 Å². The molecule has 0 amide bonds. The van der Waals surface area contributed by atoms with Crippen LogP contribution in [0, 0.1) is 0 Å². The summed E-state index contributed by atoms with van der Waals surface area (Å²) in [6.45, 7) is 2.27. The molecule has 0 saturated carbocycles. The van der Waals surface area contributed by atoms with E-state index in [0.29, 0.717) is 6.42 Å².